The Kier molecular flexibility index (Phi) is 4.77. The summed E-state index contributed by atoms with van der Waals surface area (Å²) in [6.45, 7) is 0. The topological polar surface area (TPSA) is 67.6 Å². The van der Waals surface area contributed by atoms with Crippen molar-refractivity contribution in [1.82, 2.24) is 24.6 Å². The Morgan fingerprint density at radius 3 is 2.69 bits per heavy atom. The smallest absolute Gasteiger partial charge is 0.365 e. The van der Waals surface area contributed by atoms with Crippen LogP contribution in [0.15, 0.2) is 60.9 Å². The molecule has 2 N–H and O–H groups in total. The third-order valence-corrected chi connectivity index (χ3v) is 6.73. The van der Waals surface area contributed by atoms with Crippen molar-refractivity contribution >= 4 is 27.8 Å². The molecule has 35 heavy (non-hydrogen) atoms. The van der Waals surface area contributed by atoms with E-state index in [0.717, 1.165) is 53.2 Å². The standard InChI is InChI=1S/C26H22F3N5O/c1-33-14-20-19-13-15(25(35)31-22-4-2-3-21-18(22)11-12-30-21)5-10-23(19)34(24(20)32-33)17-8-6-16(7-9-17)26(27,28)29/h5-14,22,30H,2-4H2,1H3,(H,31,35). The molecule has 9 heteroatoms. The molecule has 3 aromatic heterocycles. The number of carbonyl (C=O) groups excluding carboxylic acids is 1. The van der Waals surface area contributed by atoms with E-state index in [4.69, 9.17) is 0 Å². The first kappa shape index (κ1) is 21.5. The Bertz CT molecular complexity index is 1570. The van der Waals surface area contributed by atoms with Gasteiger partial charge in [0.15, 0.2) is 5.65 Å². The van der Waals surface area contributed by atoms with Gasteiger partial charge in [-0.15, -0.1) is 0 Å². The van der Waals surface area contributed by atoms with Crippen LogP contribution in [0.3, 0.4) is 0 Å². The third kappa shape index (κ3) is 3.58. The van der Waals surface area contributed by atoms with Crippen LogP contribution in [0.5, 0.6) is 0 Å². The lowest BCUT2D eigenvalue weighted by molar-refractivity contribution is -0.137. The largest absolute Gasteiger partial charge is 0.416 e. The maximum atomic E-state index is 13.2. The van der Waals surface area contributed by atoms with Gasteiger partial charge in [-0.1, -0.05) is 0 Å². The summed E-state index contributed by atoms with van der Waals surface area (Å²) in [4.78, 5) is 16.4. The number of aryl methyl sites for hydroxylation is 2. The highest BCUT2D eigenvalue weighted by Crippen LogP contribution is 2.35. The quantitative estimate of drug-likeness (QED) is 0.352. The number of amides is 1. The number of aromatic nitrogens is 4. The highest BCUT2D eigenvalue weighted by molar-refractivity contribution is 6.10. The zero-order chi connectivity index (χ0) is 24.3. The van der Waals surface area contributed by atoms with Gasteiger partial charge < -0.3 is 10.3 Å². The summed E-state index contributed by atoms with van der Waals surface area (Å²) in [6, 6.07) is 12.4. The van der Waals surface area contributed by atoms with Crippen molar-refractivity contribution in [3.8, 4) is 5.69 Å². The van der Waals surface area contributed by atoms with Crippen LogP contribution in [-0.4, -0.2) is 25.2 Å². The fourth-order valence-corrected chi connectivity index (χ4v) is 5.08. The Hall–Kier alpha value is -4.01. The van der Waals surface area contributed by atoms with Crippen LogP contribution < -0.4 is 5.32 Å². The maximum Gasteiger partial charge on any atom is 0.416 e. The van der Waals surface area contributed by atoms with E-state index in [0.29, 0.717) is 16.9 Å². The highest BCUT2D eigenvalue weighted by Gasteiger charge is 2.30. The number of fused-ring (bicyclic) bond motifs is 4. The number of hydrogen-bond donors (Lipinski definition) is 2. The van der Waals surface area contributed by atoms with Gasteiger partial charge in [0, 0.05) is 47.2 Å². The summed E-state index contributed by atoms with van der Waals surface area (Å²) in [7, 11) is 1.79. The number of aromatic amines is 1. The minimum atomic E-state index is -4.40. The molecule has 0 radical (unpaired) electrons. The second kappa shape index (κ2) is 7.76. The minimum Gasteiger partial charge on any atom is -0.365 e. The van der Waals surface area contributed by atoms with E-state index < -0.39 is 11.7 Å². The number of H-pyrrole nitrogens is 1. The Labute approximate surface area is 198 Å². The van der Waals surface area contributed by atoms with E-state index >= 15 is 0 Å². The number of alkyl halides is 3. The average Bonchev–Trinajstić information content (AvgIpc) is 3.52. The van der Waals surface area contributed by atoms with Gasteiger partial charge in [-0.2, -0.15) is 18.3 Å². The summed E-state index contributed by atoms with van der Waals surface area (Å²) in [6.07, 6.45) is 2.23. The van der Waals surface area contributed by atoms with E-state index in [-0.39, 0.29) is 11.9 Å². The van der Waals surface area contributed by atoms with Crippen molar-refractivity contribution < 1.29 is 18.0 Å². The lowest BCUT2D eigenvalue weighted by Crippen LogP contribution is -2.30. The van der Waals surface area contributed by atoms with Crippen molar-refractivity contribution in [2.24, 2.45) is 7.05 Å². The second-order valence-electron chi connectivity index (χ2n) is 8.98. The van der Waals surface area contributed by atoms with Gasteiger partial charge >= 0.3 is 6.18 Å². The molecule has 1 aliphatic carbocycles. The second-order valence-corrected chi connectivity index (χ2v) is 8.98. The van der Waals surface area contributed by atoms with E-state index in [1.165, 1.54) is 17.8 Å². The molecule has 0 saturated heterocycles. The number of benzene rings is 2. The van der Waals surface area contributed by atoms with Crippen LogP contribution in [0.1, 0.15) is 46.1 Å². The number of rotatable bonds is 3. The third-order valence-electron chi connectivity index (χ3n) is 6.73. The summed E-state index contributed by atoms with van der Waals surface area (Å²) in [5.41, 5.74) is 4.07. The molecule has 178 valence electrons. The molecule has 2 aromatic carbocycles. The zero-order valence-electron chi connectivity index (χ0n) is 18.9. The van der Waals surface area contributed by atoms with Crippen molar-refractivity contribution in [1.29, 1.82) is 0 Å². The van der Waals surface area contributed by atoms with Crippen LogP contribution >= 0.6 is 0 Å². The van der Waals surface area contributed by atoms with Crippen molar-refractivity contribution in [2.75, 3.05) is 0 Å². The molecule has 1 amide bonds. The normalized spacial score (nSPS) is 16.1. The van der Waals surface area contributed by atoms with Gasteiger partial charge in [-0.3, -0.25) is 14.0 Å². The van der Waals surface area contributed by atoms with Crippen LogP contribution in [-0.2, 0) is 19.6 Å². The van der Waals surface area contributed by atoms with Crippen LogP contribution in [0.4, 0.5) is 13.2 Å². The monoisotopic (exact) mass is 477 g/mol. The van der Waals surface area contributed by atoms with E-state index in [1.807, 2.05) is 35.2 Å². The fourth-order valence-electron chi connectivity index (χ4n) is 5.08. The molecule has 0 saturated carbocycles. The lowest BCUT2D eigenvalue weighted by Gasteiger charge is -2.23. The number of nitrogens with zero attached hydrogens (tertiary/aromatic N) is 3. The number of carbonyl (C=O) groups is 1. The van der Waals surface area contributed by atoms with Gasteiger partial charge in [-0.25, -0.2) is 0 Å². The molecular formula is C26H22F3N5O. The van der Waals surface area contributed by atoms with Crippen LogP contribution in [0.2, 0.25) is 0 Å². The molecule has 0 fully saturated rings. The molecule has 0 bridgehead atoms. The number of nitrogens with one attached hydrogen (secondary N) is 2. The van der Waals surface area contributed by atoms with Gasteiger partial charge in [0.05, 0.1) is 17.1 Å². The van der Waals surface area contributed by atoms with Gasteiger partial charge in [0.25, 0.3) is 5.91 Å². The number of hydrogen-bond acceptors (Lipinski definition) is 2. The molecule has 6 rings (SSSR count). The van der Waals surface area contributed by atoms with Gasteiger partial charge in [-0.05, 0) is 73.4 Å². The lowest BCUT2D eigenvalue weighted by atomic mass is 9.92. The molecule has 3 heterocycles. The molecule has 5 aromatic rings. The molecular weight excluding hydrogens is 455 g/mol. The van der Waals surface area contributed by atoms with Crippen LogP contribution in [0, 0.1) is 0 Å². The number of halogens is 3. The van der Waals surface area contributed by atoms with E-state index in [9.17, 15) is 18.0 Å². The van der Waals surface area contributed by atoms with Crippen molar-refractivity contribution in [3.05, 3.63) is 83.3 Å². The van der Waals surface area contributed by atoms with Crippen molar-refractivity contribution in [2.45, 2.75) is 31.5 Å². The van der Waals surface area contributed by atoms with E-state index in [1.54, 1.807) is 17.8 Å². The minimum absolute atomic E-state index is 0.0386. The predicted octanol–water partition coefficient (Wildman–Crippen LogP) is 5.67. The highest BCUT2D eigenvalue weighted by atomic mass is 19.4. The summed E-state index contributed by atoms with van der Waals surface area (Å²) in [5.74, 6) is -0.162. The summed E-state index contributed by atoms with van der Waals surface area (Å²) >= 11 is 0. The first-order chi connectivity index (χ1) is 16.8. The molecule has 1 unspecified atom stereocenters. The molecule has 1 aliphatic rings. The first-order valence-electron chi connectivity index (χ1n) is 11.4. The van der Waals surface area contributed by atoms with Gasteiger partial charge in [0.2, 0.25) is 0 Å². The molecule has 0 aliphatic heterocycles. The first-order valence-corrected chi connectivity index (χ1v) is 11.4. The van der Waals surface area contributed by atoms with Crippen molar-refractivity contribution in [3.63, 3.8) is 0 Å². The SMILES string of the molecule is Cn1cc2c3cc(C(=O)NC4CCCc5[nH]ccc54)ccc3n(-c3ccc(C(F)(F)F)cc3)c2n1. The summed E-state index contributed by atoms with van der Waals surface area (Å²) in [5, 5.41) is 9.33. The summed E-state index contributed by atoms with van der Waals surface area (Å²) < 4.78 is 42.7. The molecule has 0 spiro atoms. The van der Waals surface area contributed by atoms with E-state index in [2.05, 4.69) is 15.4 Å². The maximum absolute atomic E-state index is 13.2. The average molecular weight is 477 g/mol. The fraction of sp³-hybridized carbons (Fsp3) is 0.231. The van der Waals surface area contributed by atoms with Gasteiger partial charge in [0.1, 0.15) is 0 Å². The zero-order valence-corrected chi connectivity index (χ0v) is 18.9. The Morgan fingerprint density at radius 2 is 1.91 bits per heavy atom. The predicted molar refractivity (Wildman–Crippen MR) is 126 cm³/mol. The Morgan fingerprint density at radius 1 is 1.11 bits per heavy atom. The molecule has 1 atom stereocenters. The molecule has 6 nitrogen and oxygen atoms in total. The van der Waals surface area contributed by atoms with Crippen LogP contribution in [0.25, 0.3) is 27.6 Å². The Balaban J connectivity index is 1.40.